The van der Waals surface area contributed by atoms with E-state index in [0.717, 1.165) is 17.3 Å². The van der Waals surface area contributed by atoms with E-state index in [1.165, 1.54) is 33.9 Å². The van der Waals surface area contributed by atoms with Gasteiger partial charge in [-0.15, -0.1) is 0 Å². The number of benzene rings is 1. The van der Waals surface area contributed by atoms with E-state index in [9.17, 15) is 0 Å². The van der Waals surface area contributed by atoms with Gasteiger partial charge < -0.3 is 0 Å². The summed E-state index contributed by atoms with van der Waals surface area (Å²) in [5, 5.41) is 2.16. The maximum atomic E-state index is 4.94. The molecule has 0 bridgehead atoms. The average molecular weight is 345 g/mol. The Morgan fingerprint density at radius 2 is 2.17 bits per heavy atom. The quantitative estimate of drug-likeness (QED) is 0.665. The van der Waals surface area contributed by atoms with Gasteiger partial charge in [0, 0.05) is 4.47 Å². The molecule has 0 saturated heterocycles. The zero-order valence-electron chi connectivity index (χ0n) is 11.3. The SMILES string of the molecule is CCC(C)(CC=S=S)CCc1ccc(Br)cc1C. The van der Waals surface area contributed by atoms with Gasteiger partial charge in [-0.05, 0) is 71.4 Å². The van der Waals surface area contributed by atoms with Crippen LogP contribution in [0.15, 0.2) is 22.7 Å². The Morgan fingerprint density at radius 3 is 2.72 bits per heavy atom. The molecule has 1 atom stereocenters. The zero-order valence-corrected chi connectivity index (χ0v) is 14.6. The molecule has 0 aromatic heterocycles. The van der Waals surface area contributed by atoms with Crippen molar-refractivity contribution in [1.29, 1.82) is 0 Å². The Hall–Kier alpha value is 0.01000. The Morgan fingerprint density at radius 1 is 1.44 bits per heavy atom. The monoisotopic (exact) mass is 344 g/mol. The van der Waals surface area contributed by atoms with Gasteiger partial charge in [-0.25, -0.2) is 0 Å². The molecule has 1 rings (SSSR count). The molecular formula is C15H21BrS2. The van der Waals surface area contributed by atoms with E-state index < -0.39 is 0 Å². The molecule has 0 aliphatic carbocycles. The minimum atomic E-state index is 0.380. The summed E-state index contributed by atoms with van der Waals surface area (Å²) in [6.07, 6.45) is 4.68. The summed E-state index contributed by atoms with van der Waals surface area (Å²) in [5.74, 6) is 0. The molecular weight excluding hydrogens is 324 g/mol. The van der Waals surface area contributed by atoms with Gasteiger partial charge >= 0.3 is 0 Å². The summed E-state index contributed by atoms with van der Waals surface area (Å²) < 4.78 is 1.16. The molecule has 3 heteroatoms. The van der Waals surface area contributed by atoms with Crippen molar-refractivity contribution in [3.8, 4) is 0 Å². The van der Waals surface area contributed by atoms with Crippen LogP contribution < -0.4 is 0 Å². The maximum absolute atomic E-state index is 4.94. The lowest BCUT2D eigenvalue weighted by atomic mass is 9.79. The van der Waals surface area contributed by atoms with Crippen molar-refractivity contribution in [2.24, 2.45) is 5.41 Å². The van der Waals surface area contributed by atoms with Gasteiger partial charge in [0.05, 0.1) is 0 Å². The molecule has 0 aliphatic rings. The van der Waals surface area contributed by atoms with Crippen molar-refractivity contribution >= 4 is 42.4 Å². The first-order valence-corrected chi connectivity index (χ1v) is 8.96. The molecule has 100 valence electrons. The molecule has 1 aromatic carbocycles. The highest BCUT2D eigenvalue weighted by Crippen LogP contribution is 2.31. The van der Waals surface area contributed by atoms with Crippen LogP contribution in [-0.4, -0.2) is 5.37 Å². The van der Waals surface area contributed by atoms with Crippen LogP contribution in [0, 0.1) is 12.3 Å². The zero-order chi connectivity index (χ0) is 13.6. The fourth-order valence-electron chi connectivity index (χ4n) is 2.03. The van der Waals surface area contributed by atoms with Crippen LogP contribution in [0.2, 0.25) is 0 Å². The molecule has 0 saturated carbocycles. The predicted molar refractivity (Wildman–Crippen MR) is 91.0 cm³/mol. The van der Waals surface area contributed by atoms with Crippen LogP contribution in [0.3, 0.4) is 0 Å². The fourth-order valence-corrected chi connectivity index (χ4v) is 3.18. The minimum Gasteiger partial charge on any atom is -0.0816 e. The van der Waals surface area contributed by atoms with Crippen molar-refractivity contribution in [3.05, 3.63) is 33.8 Å². The molecule has 0 radical (unpaired) electrons. The molecule has 1 aromatic rings. The standard InChI is InChI=1S/C15H21BrS2/c1-4-15(3,9-10-18-17)8-7-13-5-6-14(16)11-12(13)2/h5-6,10-11H,4,7-9H2,1-3H3. The first-order valence-electron chi connectivity index (χ1n) is 6.36. The van der Waals surface area contributed by atoms with Crippen molar-refractivity contribution in [2.75, 3.05) is 0 Å². The third-order valence-electron chi connectivity index (χ3n) is 3.80. The van der Waals surface area contributed by atoms with Gasteiger partial charge in [0.25, 0.3) is 0 Å². The van der Waals surface area contributed by atoms with Crippen molar-refractivity contribution < 1.29 is 0 Å². The molecule has 1 unspecified atom stereocenters. The topological polar surface area (TPSA) is 0 Å². The fraction of sp³-hybridized carbons (Fsp3) is 0.533. The van der Waals surface area contributed by atoms with Gasteiger partial charge in [0.15, 0.2) is 0 Å². The van der Waals surface area contributed by atoms with Gasteiger partial charge in [0.2, 0.25) is 0 Å². The van der Waals surface area contributed by atoms with Gasteiger partial charge in [-0.1, -0.05) is 52.2 Å². The van der Waals surface area contributed by atoms with Crippen LogP contribution in [0.4, 0.5) is 0 Å². The summed E-state index contributed by atoms with van der Waals surface area (Å²) in [6.45, 7) is 6.83. The molecule has 0 amide bonds. The van der Waals surface area contributed by atoms with Crippen LogP contribution in [0.5, 0.6) is 0 Å². The largest absolute Gasteiger partial charge is 0.0816 e. The van der Waals surface area contributed by atoms with Crippen LogP contribution in [-0.2, 0) is 27.5 Å². The molecule has 18 heavy (non-hydrogen) atoms. The maximum Gasteiger partial charge on any atom is 0.0178 e. The average Bonchev–Trinajstić information content (AvgIpc) is 2.35. The Bertz CT molecular complexity index is 450. The van der Waals surface area contributed by atoms with Crippen LogP contribution >= 0.6 is 15.9 Å². The van der Waals surface area contributed by atoms with Gasteiger partial charge in [-0.3, -0.25) is 0 Å². The molecule has 0 spiro atoms. The van der Waals surface area contributed by atoms with E-state index in [1.54, 1.807) is 0 Å². The lowest BCUT2D eigenvalue weighted by molar-refractivity contribution is 0.301. The van der Waals surface area contributed by atoms with E-state index >= 15 is 0 Å². The summed E-state index contributed by atoms with van der Waals surface area (Å²) in [6, 6.07) is 6.57. The first kappa shape index (κ1) is 16.1. The highest BCUT2D eigenvalue weighted by Gasteiger charge is 2.20. The second-order valence-electron chi connectivity index (χ2n) is 5.20. The molecule has 0 nitrogen and oxygen atoms in total. The van der Waals surface area contributed by atoms with Gasteiger partial charge in [0.1, 0.15) is 0 Å². The Balaban J connectivity index is 2.70. The summed E-state index contributed by atoms with van der Waals surface area (Å²) in [7, 11) is 1.42. The number of hydrogen-bond acceptors (Lipinski definition) is 1. The predicted octanol–water partition coefficient (Wildman–Crippen LogP) is 4.84. The highest BCUT2D eigenvalue weighted by atomic mass is 79.9. The van der Waals surface area contributed by atoms with E-state index in [4.69, 9.17) is 11.2 Å². The third-order valence-corrected chi connectivity index (χ3v) is 5.00. The van der Waals surface area contributed by atoms with E-state index in [0.29, 0.717) is 5.41 Å². The normalized spacial score (nSPS) is 14.0. The van der Waals surface area contributed by atoms with Crippen molar-refractivity contribution in [2.45, 2.75) is 46.5 Å². The van der Waals surface area contributed by atoms with Crippen molar-refractivity contribution in [1.82, 2.24) is 0 Å². The summed E-state index contributed by atoms with van der Waals surface area (Å²) in [5.41, 5.74) is 3.22. The van der Waals surface area contributed by atoms with Crippen LogP contribution in [0.25, 0.3) is 0 Å². The number of halogens is 1. The second kappa shape index (κ2) is 7.56. The van der Waals surface area contributed by atoms with E-state index in [2.05, 4.69) is 60.3 Å². The second-order valence-corrected chi connectivity index (χ2v) is 7.22. The molecule has 0 N–H and O–H groups in total. The van der Waals surface area contributed by atoms with E-state index in [1.807, 2.05) is 0 Å². The molecule has 0 aliphatic heterocycles. The summed E-state index contributed by atoms with van der Waals surface area (Å²) >= 11 is 8.45. The van der Waals surface area contributed by atoms with Crippen molar-refractivity contribution in [3.63, 3.8) is 0 Å². The van der Waals surface area contributed by atoms with Crippen LogP contribution in [0.1, 0.15) is 44.2 Å². The smallest absolute Gasteiger partial charge is 0.0178 e. The Kier molecular flexibility index (Phi) is 6.75. The third kappa shape index (κ3) is 4.94. The summed E-state index contributed by atoms with van der Waals surface area (Å²) in [4.78, 5) is 0. The number of rotatable bonds is 6. The lowest BCUT2D eigenvalue weighted by Crippen LogP contribution is -2.17. The Labute approximate surface area is 128 Å². The minimum absolute atomic E-state index is 0.380. The first-order chi connectivity index (χ1) is 8.50. The number of hydrogen-bond donors (Lipinski definition) is 0. The highest BCUT2D eigenvalue weighted by molar-refractivity contribution is 9.10. The number of aryl methyl sites for hydroxylation is 2. The molecule has 0 heterocycles. The van der Waals surface area contributed by atoms with E-state index in [-0.39, 0.29) is 0 Å². The van der Waals surface area contributed by atoms with Gasteiger partial charge in [-0.2, -0.15) is 0 Å². The lowest BCUT2D eigenvalue weighted by Gasteiger charge is -2.26. The molecule has 0 fully saturated rings.